The Labute approximate surface area is 143 Å². The first-order valence-corrected chi connectivity index (χ1v) is 8.64. The number of nitrogens with one attached hydrogen (secondary N) is 2. The Hall–Kier alpha value is -2.68. The van der Waals surface area contributed by atoms with Gasteiger partial charge in [-0.15, -0.1) is 11.3 Å². The van der Waals surface area contributed by atoms with Crippen molar-refractivity contribution in [2.75, 3.05) is 11.9 Å². The van der Waals surface area contributed by atoms with Gasteiger partial charge in [-0.3, -0.25) is 4.79 Å². The van der Waals surface area contributed by atoms with Crippen LogP contribution in [-0.4, -0.2) is 12.5 Å². The van der Waals surface area contributed by atoms with Crippen molar-refractivity contribution in [3.63, 3.8) is 0 Å². The highest BCUT2D eigenvalue weighted by Gasteiger charge is 2.22. The molecule has 118 valence electrons. The molecule has 0 fully saturated rings. The highest BCUT2D eigenvalue weighted by molar-refractivity contribution is 7.16. The number of anilines is 1. The molecule has 2 N–H and O–H groups in total. The predicted octanol–water partition coefficient (Wildman–Crippen LogP) is 3.67. The molecule has 5 heteroatoms. The summed E-state index contributed by atoms with van der Waals surface area (Å²) in [5, 5.41) is 18.4. The van der Waals surface area contributed by atoms with Crippen LogP contribution in [0.1, 0.15) is 26.4 Å². The van der Waals surface area contributed by atoms with E-state index in [2.05, 4.69) is 16.7 Å². The first-order chi connectivity index (χ1) is 11.8. The Kier molecular flexibility index (Phi) is 3.77. The Morgan fingerprint density at radius 1 is 1.21 bits per heavy atom. The second kappa shape index (κ2) is 6.08. The maximum absolute atomic E-state index is 12.8. The standard InChI is InChI=1S/C19H15N3OS/c20-10-16-14-8-9-21-11-17(14)24-19(16)22-18(23)15-7-3-5-12-4-1-2-6-13(12)15/h1-7,21H,8-9,11H2,(H,22,23). The molecule has 4 nitrogen and oxygen atoms in total. The van der Waals surface area contributed by atoms with Gasteiger partial charge in [0.05, 0.1) is 5.56 Å². The minimum Gasteiger partial charge on any atom is -0.312 e. The van der Waals surface area contributed by atoms with E-state index in [0.717, 1.165) is 40.7 Å². The second-order valence-electron chi connectivity index (χ2n) is 5.73. The number of nitrogens with zero attached hydrogens (tertiary/aromatic N) is 1. The summed E-state index contributed by atoms with van der Waals surface area (Å²) in [6.07, 6.45) is 0.832. The summed E-state index contributed by atoms with van der Waals surface area (Å²) in [7, 11) is 0. The second-order valence-corrected chi connectivity index (χ2v) is 6.83. The Balaban J connectivity index is 1.72. The zero-order chi connectivity index (χ0) is 16.5. The van der Waals surface area contributed by atoms with Crippen LogP contribution >= 0.6 is 11.3 Å². The van der Waals surface area contributed by atoms with Crippen LogP contribution in [0.5, 0.6) is 0 Å². The molecule has 1 amide bonds. The maximum Gasteiger partial charge on any atom is 0.256 e. The Morgan fingerprint density at radius 3 is 2.92 bits per heavy atom. The third kappa shape index (κ3) is 2.46. The number of hydrogen-bond donors (Lipinski definition) is 2. The van der Waals surface area contributed by atoms with Crippen molar-refractivity contribution in [2.24, 2.45) is 0 Å². The van der Waals surface area contributed by atoms with Crippen LogP contribution in [0.2, 0.25) is 0 Å². The molecule has 0 unspecified atom stereocenters. The van der Waals surface area contributed by atoms with Crippen molar-refractivity contribution in [1.82, 2.24) is 5.32 Å². The lowest BCUT2D eigenvalue weighted by Crippen LogP contribution is -2.22. The summed E-state index contributed by atoms with van der Waals surface area (Å²) in [5.41, 5.74) is 2.32. The minimum atomic E-state index is -0.171. The van der Waals surface area contributed by atoms with Crippen LogP contribution in [0.3, 0.4) is 0 Å². The fourth-order valence-electron chi connectivity index (χ4n) is 3.13. The van der Waals surface area contributed by atoms with E-state index in [4.69, 9.17) is 0 Å². The van der Waals surface area contributed by atoms with E-state index in [1.807, 2.05) is 42.5 Å². The van der Waals surface area contributed by atoms with Gasteiger partial charge in [-0.2, -0.15) is 5.26 Å². The van der Waals surface area contributed by atoms with Gasteiger partial charge in [0.1, 0.15) is 11.1 Å². The molecular formula is C19H15N3OS. The van der Waals surface area contributed by atoms with Gasteiger partial charge in [0.15, 0.2) is 0 Å². The molecule has 0 saturated heterocycles. The van der Waals surface area contributed by atoms with E-state index >= 15 is 0 Å². The maximum atomic E-state index is 12.8. The van der Waals surface area contributed by atoms with Crippen LogP contribution in [-0.2, 0) is 13.0 Å². The monoisotopic (exact) mass is 333 g/mol. The first-order valence-electron chi connectivity index (χ1n) is 7.82. The van der Waals surface area contributed by atoms with Gasteiger partial charge in [0.25, 0.3) is 5.91 Å². The molecule has 24 heavy (non-hydrogen) atoms. The summed E-state index contributed by atoms with van der Waals surface area (Å²) >= 11 is 1.50. The molecule has 1 aromatic heterocycles. The van der Waals surface area contributed by atoms with Crippen LogP contribution in [0.25, 0.3) is 10.8 Å². The van der Waals surface area contributed by atoms with Gasteiger partial charge in [-0.05, 0) is 35.4 Å². The van der Waals surface area contributed by atoms with Crippen molar-refractivity contribution in [3.8, 4) is 6.07 Å². The molecule has 0 bridgehead atoms. The summed E-state index contributed by atoms with van der Waals surface area (Å²) in [5.74, 6) is -0.171. The molecule has 4 rings (SSSR count). The van der Waals surface area contributed by atoms with E-state index in [1.165, 1.54) is 11.3 Å². The van der Waals surface area contributed by atoms with Crippen LogP contribution in [0, 0.1) is 11.3 Å². The molecular weight excluding hydrogens is 318 g/mol. The van der Waals surface area contributed by atoms with Crippen molar-refractivity contribution in [3.05, 3.63) is 64.0 Å². The molecule has 0 saturated carbocycles. The van der Waals surface area contributed by atoms with Crippen LogP contribution in [0.4, 0.5) is 5.00 Å². The fraction of sp³-hybridized carbons (Fsp3) is 0.158. The van der Waals surface area contributed by atoms with E-state index in [-0.39, 0.29) is 5.91 Å². The van der Waals surface area contributed by atoms with Crippen molar-refractivity contribution < 1.29 is 4.79 Å². The number of fused-ring (bicyclic) bond motifs is 2. The zero-order valence-electron chi connectivity index (χ0n) is 12.9. The molecule has 0 atom stereocenters. The number of nitriles is 1. The number of thiophene rings is 1. The number of rotatable bonds is 2. The largest absolute Gasteiger partial charge is 0.312 e. The Bertz CT molecular complexity index is 979. The summed E-state index contributed by atoms with van der Waals surface area (Å²) in [4.78, 5) is 13.9. The average molecular weight is 333 g/mol. The van der Waals surface area contributed by atoms with Crippen molar-refractivity contribution in [2.45, 2.75) is 13.0 Å². The third-order valence-corrected chi connectivity index (χ3v) is 5.45. The molecule has 0 aliphatic carbocycles. The molecule has 0 radical (unpaired) electrons. The average Bonchev–Trinajstić information content (AvgIpc) is 2.98. The number of carbonyl (C=O) groups excluding carboxylic acids is 1. The number of benzene rings is 2. The minimum absolute atomic E-state index is 0.171. The van der Waals surface area contributed by atoms with Crippen LogP contribution in [0.15, 0.2) is 42.5 Å². The van der Waals surface area contributed by atoms with E-state index in [0.29, 0.717) is 16.1 Å². The van der Waals surface area contributed by atoms with Gasteiger partial charge in [0.2, 0.25) is 0 Å². The predicted molar refractivity (Wildman–Crippen MR) is 96.3 cm³/mol. The topological polar surface area (TPSA) is 64.9 Å². The van der Waals surface area contributed by atoms with Gasteiger partial charge >= 0.3 is 0 Å². The van der Waals surface area contributed by atoms with E-state index in [9.17, 15) is 10.1 Å². The van der Waals surface area contributed by atoms with Gasteiger partial charge in [-0.25, -0.2) is 0 Å². The van der Waals surface area contributed by atoms with Crippen molar-refractivity contribution in [1.29, 1.82) is 5.26 Å². The van der Waals surface area contributed by atoms with Gasteiger partial charge in [-0.1, -0.05) is 36.4 Å². The molecule has 1 aliphatic heterocycles. The lowest BCUT2D eigenvalue weighted by molar-refractivity contribution is 0.102. The Morgan fingerprint density at radius 2 is 2.04 bits per heavy atom. The normalized spacial score (nSPS) is 13.3. The third-order valence-electron chi connectivity index (χ3n) is 4.30. The SMILES string of the molecule is N#Cc1c(NC(=O)c2cccc3ccccc23)sc2c1CCNC2. The first kappa shape index (κ1) is 14.9. The highest BCUT2D eigenvalue weighted by Crippen LogP contribution is 2.35. The molecule has 0 spiro atoms. The summed E-state index contributed by atoms with van der Waals surface area (Å²) < 4.78 is 0. The highest BCUT2D eigenvalue weighted by atomic mass is 32.1. The van der Waals surface area contributed by atoms with Gasteiger partial charge in [0, 0.05) is 17.0 Å². The molecule has 2 aromatic carbocycles. The zero-order valence-corrected chi connectivity index (χ0v) is 13.7. The summed E-state index contributed by atoms with van der Waals surface area (Å²) in [6.45, 7) is 1.63. The van der Waals surface area contributed by atoms with Crippen LogP contribution < -0.4 is 10.6 Å². The fourth-order valence-corrected chi connectivity index (χ4v) is 4.30. The molecule has 2 heterocycles. The van der Waals surface area contributed by atoms with Crippen molar-refractivity contribution >= 4 is 33.0 Å². The lowest BCUT2D eigenvalue weighted by atomic mass is 10.0. The van der Waals surface area contributed by atoms with E-state index < -0.39 is 0 Å². The molecule has 3 aromatic rings. The smallest absolute Gasteiger partial charge is 0.256 e. The summed E-state index contributed by atoms with van der Waals surface area (Å²) in [6, 6.07) is 15.8. The van der Waals surface area contributed by atoms with Gasteiger partial charge < -0.3 is 10.6 Å². The number of hydrogen-bond acceptors (Lipinski definition) is 4. The number of amides is 1. The van der Waals surface area contributed by atoms with E-state index in [1.54, 1.807) is 0 Å². The number of carbonyl (C=O) groups is 1. The molecule has 1 aliphatic rings. The lowest BCUT2D eigenvalue weighted by Gasteiger charge is -2.11. The quantitative estimate of drug-likeness (QED) is 0.752.